The highest BCUT2D eigenvalue weighted by Gasteiger charge is 2.33. The normalized spacial score (nSPS) is 11.1. The third-order valence-electron chi connectivity index (χ3n) is 2.53. The van der Waals surface area contributed by atoms with Crippen LogP contribution in [-0.4, -0.2) is 16.7 Å². The molecule has 2 rings (SSSR count). The Morgan fingerprint density at radius 2 is 2.15 bits per heavy atom. The van der Waals surface area contributed by atoms with Crippen LogP contribution in [0, 0.1) is 11.3 Å². The molecule has 1 aromatic carbocycles. The van der Waals surface area contributed by atoms with Gasteiger partial charge in [-0.2, -0.15) is 23.4 Å². The van der Waals surface area contributed by atoms with Gasteiger partial charge in [0.15, 0.2) is 5.82 Å². The average molecular weight is 282 g/mol. The van der Waals surface area contributed by atoms with Gasteiger partial charge in [0.2, 0.25) is 6.39 Å². The number of nitrogens with zero attached hydrogens (tertiary/aromatic N) is 3. The topological polar surface area (TPSA) is 74.7 Å². The quantitative estimate of drug-likeness (QED) is 0.933. The van der Waals surface area contributed by atoms with Crippen molar-refractivity contribution in [2.75, 3.05) is 11.9 Å². The summed E-state index contributed by atoms with van der Waals surface area (Å²) in [6.07, 6.45) is -2.88. The Morgan fingerprint density at radius 1 is 1.35 bits per heavy atom. The van der Waals surface area contributed by atoms with Crippen molar-refractivity contribution in [2.24, 2.45) is 0 Å². The molecule has 0 unspecified atom stereocenters. The summed E-state index contributed by atoms with van der Waals surface area (Å²) >= 11 is 0. The molecule has 0 aliphatic carbocycles. The number of nitriles is 1. The van der Waals surface area contributed by atoms with Crippen molar-refractivity contribution < 1.29 is 17.7 Å². The van der Waals surface area contributed by atoms with E-state index in [2.05, 4.69) is 20.0 Å². The summed E-state index contributed by atoms with van der Waals surface area (Å²) < 4.78 is 42.4. The van der Waals surface area contributed by atoms with Gasteiger partial charge in [-0.15, -0.1) is 0 Å². The fourth-order valence-electron chi connectivity index (χ4n) is 1.62. The van der Waals surface area contributed by atoms with Gasteiger partial charge in [-0.05, 0) is 18.2 Å². The van der Waals surface area contributed by atoms with Crippen LogP contribution in [0.15, 0.2) is 29.1 Å². The standard InChI is InChI=1S/C12H9F3N4O/c13-12(14,15)10-2-1-9(5-8(10)6-16)17-4-3-11-18-7-20-19-11/h1-2,5,7,17H,3-4H2. The van der Waals surface area contributed by atoms with Crippen LogP contribution in [0.5, 0.6) is 0 Å². The Labute approximate surface area is 112 Å². The number of anilines is 1. The second-order valence-corrected chi connectivity index (χ2v) is 3.89. The lowest BCUT2D eigenvalue weighted by molar-refractivity contribution is -0.137. The van der Waals surface area contributed by atoms with E-state index in [0.717, 1.165) is 6.07 Å². The number of rotatable bonds is 4. The molecular weight excluding hydrogens is 273 g/mol. The summed E-state index contributed by atoms with van der Waals surface area (Å²) in [6, 6.07) is 4.87. The third kappa shape index (κ3) is 3.26. The first kappa shape index (κ1) is 13.9. The number of benzene rings is 1. The van der Waals surface area contributed by atoms with Crippen molar-refractivity contribution in [1.29, 1.82) is 5.26 Å². The molecule has 1 N–H and O–H groups in total. The third-order valence-corrected chi connectivity index (χ3v) is 2.53. The maximum absolute atomic E-state index is 12.6. The van der Waals surface area contributed by atoms with Gasteiger partial charge in [0.05, 0.1) is 17.2 Å². The number of alkyl halides is 3. The molecule has 8 heteroatoms. The molecule has 104 valence electrons. The SMILES string of the molecule is N#Cc1cc(NCCc2ncon2)ccc1C(F)(F)F. The largest absolute Gasteiger partial charge is 0.417 e. The van der Waals surface area contributed by atoms with Crippen molar-refractivity contribution in [2.45, 2.75) is 12.6 Å². The fraction of sp³-hybridized carbons (Fsp3) is 0.250. The van der Waals surface area contributed by atoms with Crippen molar-refractivity contribution in [3.05, 3.63) is 41.5 Å². The van der Waals surface area contributed by atoms with Gasteiger partial charge in [0.1, 0.15) is 0 Å². The molecule has 20 heavy (non-hydrogen) atoms. The summed E-state index contributed by atoms with van der Waals surface area (Å²) in [5, 5.41) is 15.3. The smallest absolute Gasteiger partial charge is 0.385 e. The molecule has 1 aromatic heterocycles. The minimum Gasteiger partial charge on any atom is -0.385 e. The monoisotopic (exact) mass is 282 g/mol. The first-order chi connectivity index (χ1) is 9.50. The number of halogens is 3. The second kappa shape index (κ2) is 5.61. The van der Waals surface area contributed by atoms with E-state index < -0.39 is 17.3 Å². The molecular formula is C12H9F3N4O. The van der Waals surface area contributed by atoms with E-state index in [0.29, 0.717) is 24.5 Å². The summed E-state index contributed by atoms with van der Waals surface area (Å²) in [7, 11) is 0. The summed E-state index contributed by atoms with van der Waals surface area (Å²) in [4.78, 5) is 3.81. The van der Waals surface area contributed by atoms with Gasteiger partial charge in [0.25, 0.3) is 0 Å². The lowest BCUT2D eigenvalue weighted by Crippen LogP contribution is -2.10. The minimum absolute atomic E-state index is 0.412. The molecule has 0 saturated heterocycles. The number of aromatic nitrogens is 2. The Bertz CT molecular complexity index is 617. The number of hydrogen-bond acceptors (Lipinski definition) is 5. The Hall–Kier alpha value is -2.56. The molecule has 0 fully saturated rings. The Morgan fingerprint density at radius 3 is 2.75 bits per heavy atom. The zero-order chi connectivity index (χ0) is 14.6. The summed E-state index contributed by atoms with van der Waals surface area (Å²) in [5.74, 6) is 0.491. The van der Waals surface area contributed by atoms with Gasteiger partial charge in [-0.25, -0.2) is 0 Å². The molecule has 2 aromatic rings. The molecule has 0 atom stereocenters. The number of nitrogens with one attached hydrogen (secondary N) is 1. The lowest BCUT2D eigenvalue weighted by atomic mass is 10.1. The Kier molecular flexibility index (Phi) is 3.89. The maximum atomic E-state index is 12.6. The highest BCUT2D eigenvalue weighted by molar-refractivity contribution is 5.53. The van der Waals surface area contributed by atoms with Crippen LogP contribution >= 0.6 is 0 Å². The minimum atomic E-state index is -4.53. The lowest BCUT2D eigenvalue weighted by Gasteiger charge is -2.11. The zero-order valence-electron chi connectivity index (χ0n) is 10.1. The molecule has 0 aliphatic heterocycles. The maximum Gasteiger partial charge on any atom is 0.417 e. The van der Waals surface area contributed by atoms with Crippen LogP contribution in [0.4, 0.5) is 18.9 Å². The predicted molar refractivity (Wildman–Crippen MR) is 62.7 cm³/mol. The molecule has 0 bridgehead atoms. The van der Waals surface area contributed by atoms with Gasteiger partial charge >= 0.3 is 6.18 Å². The van der Waals surface area contributed by atoms with Crippen molar-refractivity contribution in [3.63, 3.8) is 0 Å². The molecule has 1 heterocycles. The summed E-state index contributed by atoms with van der Waals surface area (Å²) in [6.45, 7) is 0.412. The van der Waals surface area contributed by atoms with Gasteiger partial charge in [-0.1, -0.05) is 5.16 Å². The first-order valence-corrected chi connectivity index (χ1v) is 5.61. The van der Waals surface area contributed by atoms with E-state index in [-0.39, 0.29) is 0 Å². The van der Waals surface area contributed by atoms with E-state index in [1.54, 1.807) is 6.07 Å². The molecule has 0 radical (unpaired) electrons. The molecule has 5 nitrogen and oxygen atoms in total. The van der Waals surface area contributed by atoms with Crippen LogP contribution in [0.2, 0.25) is 0 Å². The van der Waals surface area contributed by atoms with E-state index >= 15 is 0 Å². The highest BCUT2D eigenvalue weighted by Crippen LogP contribution is 2.32. The number of hydrogen-bond donors (Lipinski definition) is 1. The summed E-state index contributed by atoms with van der Waals surface area (Å²) in [5.41, 5.74) is -0.927. The van der Waals surface area contributed by atoms with Crippen molar-refractivity contribution in [3.8, 4) is 6.07 Å². The van der Waals surface area contributed by atoms with Gasteiger partial charge in [0, 0.05) is 18.7 Å². The molecule has 0 saturated carbocycles. The Balaban J connectivity index is 2.05. The molecule has 0 amide bonds. The van der Waals surface area contributed by atoms with Crippen LogP contribution < -0.4 is 5.32 Å². The van der Waals surface area contributed by atoms with Gasteiger partial charge in [-0.3, -0.25) is 0 Å². The van der Waals surface area contributed by atoms with Crippen LogP contribution in [-0.2, 0) is 12.6 Å². The van der Waals surface area contributed by atoms with Crippen LogP contribution in [0.1, 0.15) is 17.0 Å². The first-order valence-electron chi connectivity index (χ1n) is 5.61. The van der Waals surface area contributed by atoms with E-state index in [9.17, 15) is 13.2 Å². The van der Waals surface area contributed by atoms with Crippen LogP contribution in [0.25, 0.3) is 0 Å². The highest BCUT2D eigenvalue weighted by atomic mass is 19.4. The van der Waals surface area contributed by atoms with E-state index in [4.69, 9.17) is 5.26 Å². The molecule has 0 aliphatic rings. The van der Waals surface area contributed by atoms with Crippen molar-refractivity contribution in [1.82, 2.24) is 10.1 Å². The van der Waals surface area contributed by atoms with E-state index in [1.807, 2.05) is 0 Å². The zero-order valence-corrected chi connectivity index (χ0v) is 10.1. The van der Waals surface area contributed by atoms with Crippen molar-refractivity contribution >= 4 is 5.69 Å². The van der Waals surface area contributed by atoms with Crippen LogP contribution in [0.3, 0.4) is 0 Å². The van der Waals surface area contributed by atoms with E-state index in [1.165, 1.54) is 18.5 Å². The predicted octanol–water partition coefficient (Wildman–Crippen LogP) is 2.61. The fourth-order valence-corrected chi connectivity index (χ4v) is 1.62. The van der Waals surface area contributed by atoms with Gasteiger partial charge < -0.3 is 9.84 Å². The second-order valence-electron chi connectivity index (χ2n) is 3.89. The molecule has 0 spiro atoms. The average Bonchev–Trinajstić information content (AvgIpc) is 2.90.